The van der Waals surface area contributed by atoms with Crippen molar-refractivity contribution >= 4 is 33.9 Å². The molecule has 158 valence electrons. The second-order valence-corrected chi connectivity index (χ2v) is 8.42. The number of nitrogens with zero attached hydrogens (tertiary/aromatic N) is 2. The van der Waals surface area contributed by atoms with E-state index < -0.39 is 0 Å². The fraction of sp³-hybridized carbons (Fsp3) is 0.400. The minimum Gasteiger partial charge on any atom is -0.497 e. The Bertz CT molecular complexity index is 989. The van der Waals surface area contributed by atoms with Crippen molar-refractivity contribution in [3.63, 3.8) is 0 Å². The third-order valence-electron chi connectivity index (χ3n) is 6.17. The lowest BCUT2D eigenvalue weighted by Crippen LogP contribution is -2.43. The SMILES string of the molecule is CCn1cc(CN(C(=S)Nc2ccc(OC)cc2)C2CCCCC2)c2ccccc21. The van der Waals surface area contributed by atoms with Crippen LogP contribution in [0.5, 0.6) is 5.75 Å². The van der Waals surface area contributed by atoms with E-state index in [0.717, 1.165) is 29.6 Å². The number of methoxy groups -OCH3 is 1. The number of ether oxygens (including phenoxy) is 1. The summed E-state index contributed by atoms with van der Waals surface area (Å²) in [5.74, 6) is 0.850. The maximum atomic E-state index is 5.93. The standard InChI is InChI=1S/C25H31N3OS/c1-3-27-17-19(23-11-7-8-12-24(23)27)18-28(21-9-5-4-6-10-21)25(30)26-20-13-15-22(29-2)16-14-20/h7-8,11-17,21H,3-6,9-10,18H2,1-2H3,(H,26,30). The van der Waals surface area contributed by atoms with Crippen LogP contribution in [-0.4, -0.2) is 27.7 Å². The van der Waals surface area contributed by atoms with Gasteiger partial charge in [-0.15, -0.1) is 0 Å². The molecule has 4 rings (SSSR count). The smallest absolute Gasteiger partial charge is 0.173 e. The number of para-hydroxylation sites is 1. The average Bonchev–Trinajstić information content (AvgIpc) is 3.16. The molecule has 1 aliphatic carbocycles. The van der Waals surface area contributed by atoms with Gasteiger partial charge in [0.1, 0.15) is 5.75 Å². The van der Waals surface area contributed by atoms with Gasteiger partial charge in [-0.25, -0.2) is 0 Å². The van der Waals surface area contributed by atoms with Crippen LogP contribution in [0.2, 0.25) is 0 Å². The molecule has 1 N–H and O–H groups in total. The van der Waals surface area contributed by atoms with Gasteiger partial charge in [-0.3, -0.25) is 0 Å². The number of hydrogen-bond donors (Lipinski definition) is 1. The quantitative estimate of drug-likeness (QED) is 0.480. The number of aromatic nitrogens is 1. The van der Waals surface area contributed by atoms with E-state index in [1.54, 1.807) is 7.11 Å². The number of hydrogen-bond acceptors (Lipinski definition) is 2. The van der Waals surface area contributed by atoms with Gasteiger partial charge in [0.2, 0.25) is 0 Å². The molecule has 1 aliphatic rings. The predicted octanol–water partition coefficient (Wildman–Crippen LogP) is 6.20. The van der Waals surface area contributed by atoms with Crippen LogP contribution < -0.4 is 10.1 Å². The summed E-state index contributed by atoms with van der Waals surface area (Å²) < 4.78 is 7.61. The monoisotopic (exact) mass is 421 g/mol. The minimum absolute atomic E-state index is 0.487. The van der Waals surface area contributed by atoms with Gasteiger partial charge in [0.15, 0.2) is 5.11 Å². The van der Waals surface area contributed by atoms with Crippen molar-refractivity contribution in [2.45, 2.75) is 58.2 Å². The molecule has 1 saturated carbocycles. The van der Waals surface area contributed by atoms with Gasteiger partial charge in [-0.1, -0.05) is 37.5 Å². The van der Waals surface area contributed by atoms with Crippen molar-refractivity contribution in [2.75, 3.05) is 12.4 Å². The number of fused-ring (bicyclic) bond motifs is 1. The summed E-state index contributed by atoms with van der Waals surface area (Å²) in [6.07, 6.45) is 8.61. The van der Waals surface area contributed by atoms with Gasteiger partial charge < -0.3 is 19.5 Å². The summed E-state index contributed by atoms with van der Waals surface area (Å²) in [7, 11) is 1.69. The first kappa shape index (κ1) is 20.7. The van der Waals surface area contributed by atoms with E-state index in [0.29, 0.717) is 6.04 Å². The Balaban J connectivity index is 1.60. The highest BCUT2D eigenvalue weighted by Gasteiger charge is 2.25. The molecule has 1 aromatic heterocycles. The first-order chi connectivity index (χ1) is 14.7. The molecule has 0 amide bonds. The zero-order valence-corrected chi connectivity index (χ0v) is 18.8. The van der Waals surface area contributed by atoms with Crippen molar-refractivity contribution in [1.82, 2.24) is 9.47 Å². The molecular weight excluding hydrogens is 390 g/mol. The molecule has 30 heavy (non-hydrogen) atoms. The molecule has 0 atom stereocenters. The molecule has 2 aromatic carbocycles. The number of anilines is 1. The lowest BCUT2D eigenvalue weighted by molar-refractivity contribution is 0.241. The van der Waals surface area contributed by atoms with Crippen LogP contribution >= 0.6 is 12.2 Å². The molecule has 0 radical (unpaired) electrons. The summed E-state index contributed by atoms with van der Waals surface area (Å²) in [5, 5.41) is 5.61. The van der Waals surface area contributed by atoms with Crippen molar-refractivity contribution in [2.24, 2.45) is 0 Å². The maximum Gasteiger partial charge on any atom is 0.173 e. The zero-order chi connectivity index (χ0) is 20.9. The highest BCUT2D eigenvalue weighted by molar-refractivity contribution is 7.80. The molecule has 4 nitrogen and oxygen atoms in total. The maximum absolute atomic E-state index is 5.93. The lowest BCUT2D eigenvalue weighted by atomic mass is 9.94. The third kappa shape index (κ3) is 4.46. The Labute approximate surface area is 184 Å². The average molecular weight is 422 g/mol. The van der Waals surface area contributed by atoms with E-state index in [2.05, 4.69) is 52.2 Å². The largest absolute Gasteiger partial charge is 0.497 e. The normalized spacial score (nSPS) is 14.6. The molecule has 0 spiro atoms. The number of nitrogens with one attached hydrogen (secondary N) is 1. The van der Waals surface area contributed by atoms with E-state index in [-0.39, 0.29) is 0 Å². The molecule has 0 saturated heterocycles. The van der Waals surface area contributed by atoms with Gasteiger partial charge in [0.05, 0.1) is 7.11 Å². The van der Waals surface area contributed by atoms with Crippen LogP contribution in [0, 0.1) is 0 Å². The van der Waals surface area contributed by atoms with Crippen LogP contribution in [0.3, 0.4) is 0 Å². The highest BCUT2D eigenvalue weighted by atomic mass is 32.1. The number of benzene rings is 2. The summed E-state index contributed by atoms with van der Waals surface area (Å²) in [5.41, 5.74) is 3.64. The van der Waals surface area contributed by atoms with Crippen LogP contribution in [0.1, 0.15) is 44.6 Å². The van der Waals surface area contributed by atoms with Crippen molar-refractivity contribution in [3.8, 4) is 5.75 Å². The van der Waals surface area contributed by atoms with Crippen LogP contribution in [0.15, 0.2) is 54.7 Å². The second kappa shape index (κ2) is 9.52. The van der Waals surface area contributed by atoms with E-state index in [4.69, 9.17) is 17.0 Å². The van der Waals surface area contributed by atoms with Crippen LogP contribution in [0.25, 0.3) is 10.9 Å². The van der Waals surface area contributed by atoms with E-state index in [1.807, 2.05) is 24.3 Å². The molecule has 0 unspecified atom stereocenters. The molecular formula is C25H31N3OS. The Morgan fingerprint density at radius 3 is 2.53 bits per heavy atom. The first-order valence-electron chi connectivity index (χ1n) is 11.0. The Hall–Kier alpha value is -2.53. The summed E-state index contributed by atoms with van der Waals surface area (Å²) in [6.45, 7) is 4.00. The van der Waals surface area contributed by atoms with Crippen LogP contribution in [0.4, 0.5) is 5.69 Å². The number of rotatable bonds is 6. The highest BCUT2D eigenvalue weighted by Crippen LogP contribution is 2.28. The molecule has 0 bridgehead atoms. The second-order valence-electron chi connectivity index (χ2n) is 8.04. The molecule has 1 fully saturated rings. The fourth-order valence-corrected chi connectivity index (χ4v) is 4.85. The van der Waals surface area contributed by atoms with Crippen molar-refractivity contribution < 1.29 is 4.74 Å². The topological polar surface area (TPSA) is 29.4 Å². The first-order valence-corrected chi connectivity index (χ1v) is 11.4. The minimum atomic E-state index is 0.487. The molecule has 5 heteroatoms. The van der Waals surface area contributed by atoms with Gasteiger partial charge in [0.25, 0.3) is 0 Å². The summed E-state index contributed by atoms with van der Waals surface area (Å²) >= 11 is 5.93. The Kier molecular flexibility index (Phi) is 6.58. The number of thiocarbonyl (C=S) groups is 1. The van der Waals surface area contributed by atoms with Gasteiger partial charge in [0, 0.05) is 41.9 Å². The lowest BCUT2D eigenvalue weighted by Gasteiger charge is -2.36. The van der Waals surface area contributed by atoms with Crippen molar-refractivity contribution in [3.05, 3.63) is 60.3 Å². The zero-order valence-electron chi connectivity index (χ0n) is 17.9. The van der Waals surface area contributed by atoms with E-state index in [1.165, 1.54) is 48.6 Å². The van der Waals surface area contributed by atoms with E-state index in [9.17, 15) is 0 Å². The summed E-state index contributed by atoms with van der Waals surface area (Å²) in [6, 6.07) is 17.1. The third-order valence-corrected chi connectivity index (χ3v) is 6.51. The fourth-order valence-electron chi connectivity index (χ4n) is 4.52. The molecule has 1 heterocycles. The predicted molar refractivity (Wildman–Crippen MR) is 129 cm³/mol. The van der Waals surface area contributed by atoms with E-state index >= 15 is 0 Å². The molecule has 0 aliphatic heterocycles. The summed E-state index contributed by atoms with van der Waals surface area (Å²) in [4.78, 5) is 2.42. The van der Waals surface area contributed by atoms with Crippen molar-refractivity contribution in [1.29, 1.82) is 0 Å². The van der Waals surface area contributed by atoms with Crippen LogP contribution in [-0.2, 0) is 13.1 Å². The molecule has 3 aromatic rings. The number of aryl methyl sites for hydroxylation is 1. The van der Waals surface area contributed by atoms with Gasteiger partial charge >= 0.3 is 0 Å². The van der Waals surface area contributed by atoms with Gasteiger partial charge in [-0.05, 0) is 67.9 Å². The van der Waals surface area contributed by atoms with Gasteiger partial charge in [-0.2, -0.15) is 0 Å². The Morgan fingerprint density at radius 2 is 1.83 bits per heavy atom. The Morgan fingerprint density at radius 1 is 1.10 bits per heavy atom.